The van der Waals surface area contributed by atoms with Gasteiger partial charge in [0.2, 0.25) is 5.91 Å². The van der Waals surface area contributed by atoms with Crippen molar-refractivity contribution in [3.8, 4) is 0 Å². The van der Waals surface area contributed by atoms with Crippen LogP contribution in [0.1, 0.15) is 70.8 Å². The fourth-order valence-corrected chi connectivity index (χ4v) is 5.24. The molecule has 2 N–H and O–H groups in total. The van der Waals surface area contributed by atoms with Crippen molar-refractivity contribution in [2.45, 2.75) is 96.3 Å². The monoisotopic (exact) mass is 481 g/mol. The number of nitrogens with one attached hydrogen (secondary N) is 1. The van der Waals surface area contributed by atoms with Crippen molar-refractivity contribution < 1.29 is 19.2 Å². The molecule has 35 heavy (non-hydrogen) atoms. The van der Waals surface area contributed by atoms with Crippen molar-refractivity contribution in [1.82, 2.24) is 5.32 Å². The lowest BCUT2D eigenvalue weighted by molar-refractivity contribution is -0.121. The van der Waals surface area contributed by atoms with Crippen molar-refractivity contribution >= 4 is 13.0 Å². The number of hydrogen-bond donors (Lipinski definition) is 2. The van der Waals surface area contributed by atoms with Crippen LogP contribution in [0.2, 0.25) is 6.32 Å². The molecule has 0 spiro atoms. The summed E-state index contributed by atoms with van der Waals surface area (Å²) in [5.41, 5.74) is 1.25. The number of fused-ring (bicyclic) bond motifs is 2. The SMILES string of the molecule is CCCCB1OC2CC(O1)[C@H](C/C=C\CCCC(=O)NCC)[C@H]2C=C[C@@H](O)CCc1ccccc1. The third-order valence-corrected chi connectivity index (χ3v) is 7.16. The van der Waals surface area contributed by atoms with E-state index in [1.165, 1.54) is 5.56 Å². The lowest BCUT2D eigenvalue weighted by Gasteiger charge is -2.27. The van der Waals surface area contributed by atoms with Crippen LogP contribution in [0.25, 0.3) is 0 Å². The summed E-state index contributed by atoms with van der Waals surface area (Å²) < 4.78 is 12.7. The highest BCUT2D eigenvalue weighted by Crippen LogP contribution is 2.44. The lowest BCUT2D eigenvalue weighted by atomic mass is 9.80. The Morgan fingerprint density at radius 1 is 1.17 bits per heavy atom. The van der Waals surface area contributed by atoms with Crippen LogP contribution in [0.4, 0.5) is 0 Å². The van der Waals surface area contributed by atoms with Crippen LogP contribution in [0.3, 0.4) is 0 Å². The van der Waals surface area contributed by atoms with Gasteiger partial charge in [-0.3, -0.25) is 4.79 Å². The number of carbonyl (C=O) groups is 1. The van der Waals surface area contributed by atoms with Crippen LogP contribution in [-0.4, -0.2) is 43.0 Å². The van der Waals surface area contributed by atoms with Crippen LogP contribution >= 0.6 is 0 Å². The fourth-order valence-electron chi connectivity index (χ4n) is 5.24. The summed E-state index contributed by atoms with van der Waals surface area (Å²) in [5, 5.41) is 13.5. The van der Waals surface area contributed by atoms with E-state index in [0.29, 0.717) is 25.3 Å². The van der Waals surface area contributed by atoms with Gasteiger partial charge in [0, 0.05) is 25.0 Å². The Morgan fingerprint density at radius 2 is 1.97 bits per heavy atom. The van der Waals surface area contributed by atoms with Crippen molar-refractivity contribution in [2.24, 2.45) is 11.8 Å². The van der Waals surface area contributed by atoms with Gasteiger partial charge in [0.05, 0.1) is 12.2 Å². The predicted molar refractivity (Wildman–Crippen MR) is 143 cm³/mol. The molecule has 1 saturated heterocycles. The number of rotatable bonds is 15. The molecular weight excluding hydrogens is 437 g/mol. The van der Waals surface area contributed by atoms with Gasteiger partial charge in [-0.1, -0.05) is 74.4 Å². The van der Waals surface area contributed by atoms with Gasteiger partial charge in [-0.05, 0) is 63.3 Å². The minimum absolute atomic E-state index is 0.108. The molecule has 5 atom stereocenters. The highest BCUT2D eigenvalue weighted by Gasteiger charge is 2.49. The molecule has 2 aliphatic rings. The molecule has 6 heteroatoms. The van der Waals surface area contributed by atoms with Gasteiger partial charge in [-0.25, -0.2) is 0 Å². The van der Waals surface area contributed by atoms with Crippen molar-refractivity contribution in [3.63, 3.8) is 0 Å². The number of amides is 1. The molecule has 0 radical (unpaired) electrons. The molecule has 1 aliphatic carbocycles. The Bertz CT molecular complexity index is 799. The zero-order chi connectivity index (χ0) is 24.9. The van der Waals surface area contributed by atoms with Crippen molar-refractivity contribution in [2.75, 3.05) is 6.54 Å². The van der Waals surface area contributed by atoms with E-state index in [1.807, 2.05) is 31.2 Å². The first-order valence-corrected chi connectivity index (χ1v) is 13.7. The Morgan fingerprint density at radius 3 is 2.74 bits per heavy atom. The van der Waals surface area contributed by atoms with Crippen molar-refractivity contribution in [3.05, 3.63) is 60.2 Å². The summed E-state index contributed by atoms with van der Waals surface area (Å²) in [5.74, 6) is 0.729. The summed E-state index contributed by atoms with van der Waals surface area (Å²) in [6.07, 6.45) is 17.5. The number of allylic oxidation sites excluding steroid dienone is 2. The number of aliphatic hydroxyl groups is 1. The quantitative estimate of drug-likeness (QED) is 0.197. The molecule has 1 heterocycles. The maximum atomic E-state index is 11.6. The van der Waals surface area contributed by atoms with Gasteiger partial charge in [0.1, 0.15) is 0 Å². The minimum Gasteiger partial charge on any atom is -0.408 e. The van der Waals surface area contributed by atoms with E-state index in [9.17, 15) is 9.90 Å². The number of aryl methyl sites for hydroxylation is 1. The molecule has 1 aromatic carbocycles. The average Bonchev–Trinajstić information content (AvgIpc) is 3.11. The van der Waals surface area contributed by atoms with E-state index in [1.54, 1.807) is 0 Å². The van der Waals surface area contributed by atoms with Gasteiger partial charge in [0.15, 0.2) is 0 Å². The molecular formula is C29H44BNO4. The molecule has 3 rings (SSSR count). The highest BCUT2D eigenvalue weighted by atomic mass is 16.6. The van der Waals surface area contributed by atoms with E-state index >= 15 is 0 Å². The first-order valence-electron chi connectivity index (χ1n) is 13.7. The molecule has 2 fully saturated rings. The molecule has 5 nitrogen and oxygen atoms in total. The van der Waals surface area contributed by atoms with Crippen LogP contribution in [0.15, 0.2) is 54.6 Å². The van der Waals surface area contributed by atoms with E-state index in [-0.39, 0.29) is 31.2 Å². The normalized spacial score (nSPS) is 24.9. The number of benzene rings is 1. The third-order valence-electron chi connectivity index (χ3n) is 7.16. The minimum atomic E-state index is -0.460. The zero-order valence-electron chi connectivity index (χ0n) is 21.6. The Hall–Kier alpha value is -1.89. The number of carbonyl (C=O) groups excluding carboxylic acids is 1. The van der Waals surface area contributed by atoms with Crippen LogP contribution in [-0.2, 0) is 20.5 Å². The lowest BCUT2D eigenvalue weighted by Crippen LogP contribution is -2.37. The van der Waals surface area contributed by atoms with Crippen LogP contribution in [0, 0.1) is 11.8 Å². The second-order valence-corrected chi connectivity index (χ2v) is 9.93. The van der Waals surface area contributed by atoms with Crippen LogP contribution < -0.4 is 5.32 Å². The maximum Gasteiger partial charge on any atom is 0.457 e. The largest absolute Gasteiger partial charge is 0.457 e. The molecule has 192 valence electrons. The Kier molecular flexibility index (Phi) is 12.1. The summed E-state index contributed by atoms with van der Waals surface area (Å²) >= 11 is 0. The van der Waals surface area contributed by atoms with Gasteiger partial charge >= 0.3 is 7.12 Å². The predicted octanol–water partition coefficient (Wildman–Crippen LogP) is 5.50. The smallest absolute Gasteiger partial charge is 0.408 e. The fraction of sp³-hybridized carbons (Fsp3) is 0.621. The number of aliphatic hydroxyl groups excluding tert-OH is 1. The first-order chi connectivity index (χ1) is 17.1. The second-order valence-electron chi connectivity index (χ2n) is 9.93. The maximum absolute atomic E-state index is 11.6. The van der Waals surface area contributed by atoms with E-state index < -0.39 is 6.10 Å². The molecule has 1 amide bonds. The van der Waals surface area contributed by atoms with Gasteiger partial charge < -0.3 is 19.7 Å². The average molecular weight is 481 g/mol. The second kappa shape index (κ2) is 15.3. The van der Waals surface area contributed by atoms with Crippen molar-refractivity contribution in [1.29, 1.82) is 0 Å². The van der Waals surface area contributed by atoms with E-state index in [0.717, 1.165) is 51.3 Å². The molecule has 1 saturated carbocycles. The van der Waals surface area contributed by atoms with E-state index in [4.69, 9.17) is 9.31 Å². The standard InChI is InChI=1S/C29H44BNO4/c1-3-5-21-30-34-27-22-28(35-30)26(20-19-24(32)18-17-23-13-9-8-10-14-23)25(27)15-11-6-7-12-16-29(33)31-4-2/h6,8-11,13-14,19-20,24-28,32H,3-5,7,12,15-18,21-22H2,1-2H3,(H,31,33)/b11-6-,20-19?/t24-,25+,26+,27?,28?/m0/s1. The van der Waals surface area contributed by atoms with Crippen LogP contribution in [0.5, 0.6) is 0 Å². The first kappa shape index (κ1) is 27.7. The molecule has 2 bridgehead atoms. The number of unbranched alkanes of at least 4 members (excludes halogenated alkanes) is 2. The molecule has 0 aromatic heterocycles. The van der Waals surface area contributed by atoms with Gasteiger partial charge in [0.25, 0.3) is 0 Å². The van der Waals surface area contributed by atoms with Gasteiger partial charge in [-0.2, -0.15) is 0 Å². The molecule has 1 aliphatic heterocycles. The summed E-state index contributed by atoms with van der Waals surface area (Å²) in [7, 11) is -0.108. The highest BCUT2D eigenvalue weighted by molar-refractivity contribution is 6.44. The summed E-state index contributed by atoms with van der Waals surface area (Å²) in [6.45, 7) is 4.83. The molecule has 2 unspecified atom stereocenters. The topological polar surface area (TPSA) is 67.8 Å². The summed E-state index contributed by atoms with van der Waals surface area (Å²) in [6, 6.07) is 10.3. The van der Waals surface area contributed by atoms with E-state index in [2.05, 4.69) is 42.6 Å². The zero-order valence-corrected chi connectivity index (χ0v) is 21.6. The third kappa shape index (κ3) is 9.25. The molecule has 1 aromatic rings. The summed E-state index contributed by atoms with van der Waals surface area (Å²) in [4.78, 5) is 11.6. The number of hydrogen-bond acceptors (Lipinski definition) is 4. The van der Waals surface area contributed by atoms with Gasteiger partial charge in [-0.15, -0.1) is 0 Å². The Balaban J connectivity index is 1.55. The Labute approximate surface area is 212 Å².